The number of benzene rings is 2. The molecule has 6 nitrogen and oxygen atoms in total. The first kappa shape index (κ1) is 18.6. The van der Waals surface area contributed by atoms with Crippen molar-refractivity contribution in [3.8, 4) is 5.75 Å². The van der Waals surface area contributed by atoms with Gasteiger partial charge in [-0.05, 0) is 40.2 Å². The second-order valence-corrected chi connectivity index (χ2v) is 7.47. The van der Waals surface area contributed by atoms with Gasteiger partial charge in [-0.1, -0.05) is 24.3 Å². The van der Waals surface area contributed by atoms with Gasteiger partial charge in [-0.3, -0.25) is 9.59 Å². The van der Waals surface area contributed by atoms with E-state index in [-0.39, 0.29) is 11.8 Å². The summed E-state index contributed by atoms with van der Waals surface area (Å²) in [5, 5.41) is 0.984. The van der Waals surface area contributed by atoms with E-state index in [1.807, 2.05) is 30.3 Å². The average molecular weight is 442 g/mol. The van der Waals surface area contributed by atoms with Crippen LogP contribution in [0.25, 0.3) is 10.9 Å². The molecule has 1 aliphatic heterocycles. The first-order valence-corrected chi connectivity index (χ1v) is 9.86. The van der Waals surface area contributed by atoms with Crippen LogP contribution in [0, 0.1) is 0 Å². The number of aromatic nitrogens is 1. The van der Waals surface area contributed by atoms with Crippen molar-refractivity contribution in [3.63, 3.8) is 0 Å². The maximum absolute atomic E-state index is 13.0. The van der Waals surface area contributed by atoms with E-state index in [9.17, 15) is 9.59 Å². The average Bonchev–Trinajstić information content (AvgIpc) is 3.09. The van der Waals surface area contributed by atoms with Gasteiger partial charge in [0.05, 0.1) is 11.6 Å². The van der Waals surface area contributed by atoms with E-state index < -0.39 is 0 Å². The third-order valence-corrected chi connectivity index (χ3v) is 5.85. The fourth-order valence-electron chi connectivity index (χ4n) is 3.46. The molecule has 0 radical (unpaired) electrons. The summed E-state index contributed by atoms with van der Waals surface area (Å²) in [6, 6.07) is 14.9. The number of H-pyrrole nitrogens is 1. The fourth-order valence-corrected chi connectivity index (χ4v) is 4.08. The van der Waals surface area contributed by atoms with Gasteiger partial charge >= 0.3 is 0 Å². The van der Waals surface area contributed by atoms with Crippen LogP contribution in [0.2, 0.25) is 0 Å². The number of rotatable bonds is 3. The van der Waals surface area contributed by atoms with Gasteiger partial charge in [0.25, 0.3) is 11.8 Å². The largest absolute Gasteiger partial charge is 0.497 e. The van der Waals surface area contributed by atoms with E-state index in [0.717, 1.165) is 15.4 Å². The number of aromatic amines is 1. The predicted octanol–water partition coefficient (Wildman–Crippen LogP) is 3.54. The molecule has 2 heterocycles. The normalized spacial score (nSPS) is 14.4. The Morgan fingerprint density at radius 1 is 0.964 bits per heavy atom. The quantitative estimate of drug-likeness (QED) is 0.675. The van der Waals surface area contributed by atoms with E-state index >= 15 is 0 Å². The Morgan fingerprint density at radius 2 is 1.64 bits per heavy atom. The molecule has 2 aromatic carbocycles. The zero-order chi connectivity index (χ0) is 19.7. The number of ether oxygens (including phenoxy) is 1. The van der Waals surface area contributed by atoms with Crippen LogP contribution in [-0.2, 0) is 0 Å². The van der Waals surface area contributed by atoms with Crippen LogP contribution in [-0.4, -0.2) is 59.9 Å². The van der Waals surface area contributed by atoms with Crippen LogP contribution in [0.3, 0.4) is 0 Å². The van der Waals surface area contributed by atoms with Crippen LogP contribution in [0.15, 0.2) is 53.0 Å². The first-order valence-electron chi connectivity index (χ1n) is 9.07. The number of para-hydroxylation sites is 1. The molecule has 4 rings (SSSR count). The smallest absolute Gasteiger partial charge is 0.271 e. The molecule has 1 fully saturated rings. The second kappa shape index (κ2) is 7.67. The topological polar surface area (TPSA) is 65.6 Å². The highest BCUT2D eigenvalue weighted by molar-refractivity contribution is 9.10. The molecular weight excluding hydrogens is 422 g/mol. The molecule has 0 saturated carbocycles. The number of nitrogens with zero attached hydrogens (tertiary/aromatic N) is 2. The van der Waals surface area contributed by atoms with Gasteiger partial charge in [-0.25, -0.2) is 0 Å². The minimum atomic E-state index is -0.0587. The Balaban J connectivity index is 1.45. The highest BCUT2D eigenvalue weighted by atomic mass is 79.9. The number of carbonyl (C=O) groups excluding carboxylic acids is 2. The molecular formula is C21H20BrN3O3. The Labute approximate surface area is 171 Å². The maximum Gasteiger partial charge on any atom is 0.271 e. The van der Waals surface area contributed by atoms with Crippen LogP contribution in [0.5, 0.6) is 5.75 Å². The highest BCUT2D eigenvalue weighted by Crippen LogP contribution is 2.28. The highest BCUT2D eigenvalue weighted by Gasteiger charge is 2.28. The molecule has 1 N–H and O–H groups in total. The summed E-state index contributed by atoms with van der Waals surface area (Å²) in [6.45, 7) is 1.99. The van der Waals surface area contributed by atoms with Crippen molar-refractivity contribution < 1.29 is 14.3 Å². The summed E-state index contributed by atoms with van der Waals surface area (Å²) in [6.07, 6.45) is 0. The van der Waals surface area contributed by atoms with Crippen LogP contribution in [0.4, 0.5) is 0 Å². The lowest BCUT2D eigenvalue weighted by Gasteiger charge is -2.34. The van der Waals surface area contributed by atoms with E-state index in [4.69, 9.17) is 4.74 Å². The predicted molar refractivity (Wildman–Crippen MR) is 111 cm³/mol. The van der Waals surface area contributed by atoms with Crippen LogP contribution in [0.1, 0.15) is 20.8 Å². The Hall–Kier alpha value is -2.80. The van der Waals surface area contributed by atoms with Crippen LogP contribution >= 0.6 is 15.9 Å². The van der Waals surface area contributed by atoms with Crippen molar-refractivity contribution in [2.75, 3.05) is 33.3 Å². The standard InChI is InChI=1S/C21H20BrN3O3/c1-28-15-6-4-5-14(13-15)20(26)24-9-11-25(12-10-24)21(27)19-18(22)16-7-2-3-8-17(16)23-19/h2-8,13,23H,9-12H2,1H3. The monoisotopic (exact) mass is 441 g/mol. The minimum Gasteiger partial charge on any atom is -0.497 e. The van der Waals surface area contributed by atoms with Gasteiger partial charge in [0.2, 0.25) is 0 Å². The molecule has 3 aromatic rings. The zero-order valence-electron chi connectivity index (χ0n) is 15.4. The lowest BCUT2D eigenvalue weighted by molar-refractivity contribution is 0.0532. The third kappa shape index (κ3) is 3.38. The summed E-state index contributed by atoms with van der Waals surface area (Å²) < 4.78 is 5.97. The Bertz CT molecular complexity index is 1040. The van der Waals surface area contributed by atoms with Crippen molar-refractivity contribution in [2.24, 2.45) is 0 Å². The van der Waals surface area contributed by atoms with E-state index in [1.54, 1.807) is 35.1 Å². The lowest BCUT2D eigenvalue weighted by Crippen LogP contribution is -2.50. The summed E-state index contributed by atoms with van der Waals surface area (Å²) in [7, 11) is 1.58. The third-order valence-electron chi connectivity index (χ3n) is 5.03. The molecule has 0 atom stereocenters. The molecule has 7 heteroatoms. The lowest BCUT2D eigenvalue weighted by atomic mass is 10.1. The van der Waals surface area contributed by atoms with Gasteiger partial charge in [0, 0.05) is 42.6 Å². The molecule has 1 aromatic heterocycles. The Kier molecular flexibility index (Phi) is 5.09. The number of hydrogen-bond donors (Lipinski definition) is 1. The molecule has 28 heavy (non-hydrogen) atoms. The van der Waals surface area contributed by atoms with Gasteiger partial charge in [0.15, 0.2) is 0 Å². The van der Waals surface area contributed by atoms with E-state index in [2.05, 4.69) is 20.9 Å². The number of fused-ring (bicyclic) bond motifs is 1. The Morgan fingerprint density at radius 3 is 2.32 bits per heavy atom. The number of piperazine rings is 1. The SMILES string of the molecule is COc1cccc(C(=O)N2CCN(C(=O)c3[nH]c4ccccc4c3Br)CC2)c1. The molecule has 1 aliphatic rings. The van der Waals surface area contributed by atoms with E-state index in [0.29, 0.717) is 43.2 Å². The van der Waals surface area contributed by atoms with Crippen molar-refractivity contribution in [2.45, 2.75) is 0 Å². The zero-order valence-corrected chi connectivity index (χ0v) is 17.0. The number of methoxy groups -OCH3 is 1. The molecule has 144 valence electrons. The second-order valence-electron chi connectivity index (χ2n) is 6.68. The number of carbonyl (C=O) groups is 2. The van der Waals surface area contributed by atoms with Crippen LogP contribution < -0.4 is 4.74 Å². The van der Waals surface area contributed by atoms with Gasteiger partial charge in [-0.15, -0.1) is 0 Å². The van der Waals surface area contributed by atoms with Crippen molar-refractivity contribution in [1.29, 1.82) is 0 Å². The summed E-state index contributed by atoms with van der Waals surface area (Å²) in [4.78, 5) is 32.5. The summed E-state index contributed by atoms with van der Waals surface area (Å²) in [5.41, 5.74) is 2.07. The minimum absolute atomic E-state index is 0.0437. The molecule has 0 bridgehead atoms. The van der Waals surface area contributed by atoms with Gasteiger partial charge in [0.1, 0.15) is 11.4 Å². The van der Waals surface area contributed by atoms with Crippen molar-refractivity contribution in [1.82, 2.24) is 14.8 Å². The van der Waals surface area contributed by atoms with Gasteiger partial charge < -0.3 is 19.5 Å². The van der Waals surface area contributed by atoms with Gasteiger partial charge in [-0.2, -0.15) is 0 Å². The molecule has 0 unspecified atom stereocenters. The maximum atomic E-state index is 13.0. The number of amides is 2. The van der Waals surface area contributed by atoms with Crippen molar-refractivity contribution in [3.05, 3.63) is 64.3 Å². The van der Waals surface area contributed by atoms with Crippen molar-refractivity contribution >= 4 is 38.6 Å². The summed E-state index contributed by atoms with van der Waals surface area (Å²) >= 11 is 3.54. The number of hydrogen-bond acceptors (Lipinski definition) is 3. The molecule has 0 spiro atoms. The fraction of sp³-hybridized carbons (Fsp3) is 0.238. The van der Waals surface area contributed by atoms with E-state index in [1.165, 1.54) is 0 Å². The molecule has 2 amide bonds. The molecule has 0 aliphatic carbocycles. The number of nitrogens with one attached hydrogen (secondary N) is 1. The molecule has 1 saturated heterocycles. The summed E-state index contributed by atoms with van der Waals surface area (Å²) in [5.74, 6) is 0.553. The first-order chi connectivity index (χ1) is 13.6. The number of halogens is 1.